The lowest BCUT2D eigenvalue weighted by Crippen LogP contribution is -2.29. The molecule has 0 spiro atoms. The van der Waals surface area contributed by atoms with Crippen molar-refractivity contribution in [2.24, 2.45) is 5.73 Å². The van der Waals surface area contributed by atoms with E-state index in [1.165, 1.54) is 19.2 Å². The van der Waals surface area contributed by atoms with E-state index in [9.17, 15) is 24.3 Å². The number of methoxy groups -OCH3 is 2. The quantitative estimate of drug-likeness (QED) is 0.109. The predicted molar refractivity (Wildman–Crippen MR) is 175 cm³/mol. The smallest absolute Gasteiger partial charge is 0.262 e. The standard InChI is InChI=1S/C33H35ClN4O9/c1-19-23(24-16-22(44-2)8-10-26(24)38(19)33(43)20-4-6-21(34)7-5-20)17-28(39)36-12-13-46-14-15-47-18-29(40)37-25-9-11-27(45-3)30(31(25)41)32(35)42/h4-11,16,41H,12-15,17-18H2,1-3H3,(H2,35,42)(H,36,39)(H,37,40). The van der Waals surface area contributed by atoms with Crippen molar-refractivity contribution in [3.63, 3.8) is 0 Å². The number of hydrogen-bond acceptors (Lipinski definition) is 9. The Morgan fingerprint density at radius 2 is 1.64 bits per heavy atom. The number of fused-ring (bicyclic) bond motifs is 1. The van der Waals surface area contributed by atoms with Crippen molar-refractivity contribution >= 4 is 51.8 Å². The first-order valence-electron chi connectivity index (χ1n) is 14.5. The van der Waals surface area contributed by atoms with Crippen molar-refractivity contribution in [2.75, 3.05) is 52.5 Å². The van der Waals surface area contributed by atoms with E-state index < -0.39 is 17.6 Å². The number of hydrogen-bond donors (Lipinski definition) is 4. The van der Waals surface area contributed by atoms with E-state index in [4.69, 9.17) is 36.3 Å². The number of benzene rings is 3. The molecular weight excluding hydrogens is 632 g/mol. The Bertz CT molecular complexity index is 1790. The van der Waals surface area contributed by atoms with Gasteiger partial charge in [-0.2, -0.15) is 0 Å². The summed E-state index contributed by atoms with van der Waals surface area (Å²) in [5, 5.41) is 16.8. The van der Waals surface area contributed by atoms with Crippen LogP contribution in [0.4, 0.5) is 5.69 Å². The molecule has 0 saturated heterocycles. The fourth-order valence-electron chi connectivity index (χ4n) is 4.93. The van der Waals surface area contributed by atoms with Crippen molar-refractivity contribution in [1.82, 2.24) is 9.88 Å². The maximum atomic E-state index is 13.5. The van der Waals surface area contributed by atoms with Gasteiger partial charge in [-0.05, 0) is 67.1 Å². The summed E-state index contributed by atoms with van der Waals surface area (Å²) < 4.78 is 22.8. The Morgan fingerprint density at radius 1 is 0.915 bits per heavy atom. The molecule has 0 fully saturated rings. The van der Waals surface area contributed by atoms with Crippen LogP contribution >= 0.6 is 11.6 Å². The van der Waals surface area contributed by atoms with Crippen LogP contribution in [0.3, 0.4) is 0 Å². The molecule has 0 atom stereocenters. The number of carbonyl (C=O) groups is 4. The fraction of sp³-hybridized carbons (Fsp3) is 0.273. The lowest BCUT2D eigenvalue weighted by atomic mass is 10.1. The number of aromatic nitrogens is 1. The first-order valence-corrected chi connectivity index (χ1v) is 14.8. The van der Waals surface area contributed by atoms with E-state index in [2.05, 4.69) is 10.6 Å². The zero-order valence-electron chi connectivity index (χ0n) is 26.1. The number of nitrogens with zero attached hydrogens (tertiary/aromatic N) is 1. The SMILES string of the molecule is COc1ccc2c(c1)c(CC(=O)NCCOCCOCC(=O)Nc1ccc(OC)c(C(N)=O)c1O)c(C)n2C(=O)c1ccc(Cl)cc1. The van der Waals surface area contributed by atoms with Gasteiger partial charge >= 0.3 is 0 Å². The Morgan fingerprint density at radius 3 is 2.32 bits per heavy atom. The number of phenols is 1. The van der Waals surface area contributed by atoms with Crippen molar-refractivity contribution < 1.29 is 43.2 Å². The van der Waals surface area contributed by atoms with Gasteiger partial charge in [-0.1, -0.05) is 11.6 Å². The van der Waals surface area contributed by atoms with E-state index >= 15 is 0 Å². The first kappa shape index (κ1) is 34.8. The minimum atomic E-state index is -0.912. The largest absolute Gasteiger partial charge is 0.505 e. The maximum Gasteiger partial charge on any atom is 0.262 e. The van der Waals surface area contributed by atoms with Crippen LogP contribution in [0, 0.1) is 6.92 Å². The zero-order valence-corrected chi connectivity index (χ0v) is 26.8. The van der Waals surface area contributed by atoms with E-state index in [1.54, 1.807) is 61.1 Å². The number of rotatable bonds is 15. The van der Waals surface area contributed by atoms with Crippen molar-refractivity contribution in [1.29, 1.82) is 0 Å². The zero-order chi connectivity index (χ0) is 34.1. The van der Waals surface area contributed by atoms with Crippen LogP contribution in [-0.4, -0.2) is 80.5 Å². The molecule has 13 nitrogen and oxygen atoms in total. The lowest BCUT2D eigenvalue weighted by Gasteiger charge is -2.13. The number of nitrogens with two attached hydrogens (primary N) is 1. The highest BCUT2D eigenvalue weighted by molar-refractivity contribution is 6.30. The van der Waals surface area contributed by atoms with Gasteiger partial charge in [-0.3, -0.25) is 23.7 Å². The molecule has 0 unspecified atom stereocenters. The highest BCUT2D eigenvalue weighted by atomic mass is 35.5. The number of halogens is 1. The van der Waals surface area contributed by atoms with Gasteiger partial charge < -0.3 is 40.4 Å². The summed E-state index contributed by atoms with van der Waals surface area (Å²) >= 11 is 6.00. The second-order valence-electron chi connectivity index (χ2n) is 10.2. The summed E-state index contributed by atoms with van der Waals surface area (Å²) in [5.41, 5.74) is 7.45. The molecule has 3 amide bonds. The molecule has 1 aromatic heterocycles. The number of nitrogens with one attached hydrogen (secondary N) is 2. The summed E-state index contributed by atoms with van der Waals surface area (Å²) in [5.74, 6) is -1.83. The maximum absolute atomic E-state index is 13.5. The molecule has 0 radical (unpaired) electrons. The van der Waals surface area contributed by atoms with Crippen molar-refractivity contribution in [3.8, 4) is 17.2 Å². The third-order valence-corrected chi connectivity index (χ3v) is 7.48. The third kappa shape index (κ3) is 8.38. The molecule has 0 aliphatic rings. The molecule has 248 valence electrons. The highest BCUT2D eigenvalue weighted by Crippen LogP contribution is 2.34. The van der Waals surface area contributed by atoms with Gasteiger partial charge in [0.25, 0.3) is 11.8 Å². The number of carbonyl (C=O) groups excluding carboxylic acids is 4. The molecule has 47 heavy (non-hydrogen) atoms. The Labute approximate surface area is 275 Å². The Balaban J connectivity index is 1.24. The average Bonchev–Trinajstić information content (AvgIpc) is 3.32. The van der Waals surface area contributed by atoms with Crippen LogP contribution in [0.5, 0.6) is 17.2 Å². The van der Waals surface area contributed by atoms with Crippen LogP contribution in [0.15, 0.2) is 54.6 Å². The molecule has 3 aromatic carbocycles. The summed E-state index contributed by atoms with van der Waals surface area (Å²) in [7, 11) is 2.87. The lowest BCUT2D eigenvalue weighted by molar-refractivity contribution is -0.122. The van der Waals surface area contributed by atoms with E-state index in [0.29, 0.717) is 33.1 Å². The van der Waals surface area contributed by atoms with E-state index in [-0.39, 0.29) is 68.2 Å². The molecule has 4 rings (SSSR count). The molecule has 5 N–H and O–H groups in total. The summed E-state index contributed by atoms with van der Waals surface area (Å²) in [6.07, 6.45) is 0.0271. The average molecular weight is 667 g/mol. The molecule has 0 bridgehead atoms. The van der Waals surface area contributed by atoms with Crippen molar-refractivity contribution in [3.05, 3.63) is 82.0 Å². The van der Waals surface area contributed by atoms with Gasteiger partial charge in [0, 0.05) is 28.2 Å². The van der Waals surface area contributed by atoms with Gasteiger partial charge in [0.15, 0.2) is 5.75 Å². The molecular formula is C33H35ClN4O9. The molecule has 0 saturated carbocycles. The summed E-state index contributed by atoms with van der Waals surface area (Å²) in [6, 6.07) is 14.7. The third-order valence-electron chi connectivity index (χ3n) is 7.23. The van der Waals surface area contributed by atoms with Crippen LogP contribution in [-0.2, 0) is 25.5 Å². The molecule has 4 aromatic rings. The number of anilines is 1. The number of aromatic hydroxyl groups is 1. The fourth-order valence-corrected chi connectivity index (χ4v) is 5.06. The molecule has 1 heterocycles. The van der Waals surface area contributed by atoms with Gasteiger partial charge in [-0.25, -0.2) is 0 Å². The minimum absolute atomic E-state index is 0.0211. The highest BCUT2D eigenvalue weighted by Gasteiger charge is 2.22. The second-order valence-corrected chi connectivity index (χ2v) is 10.7. The van der Waals surface area contributed by atoms with Gasteiger partial charge in [0.2, 0.25) is 11.8 Å². The second kappa shape index (κ2) is 15.9. The number of amides is 3. The van der Waals surface area contributed by atoms with Gasteiger partial charge in [-0.15, -0.1) is 0 Å². The topological polar surface area (TPSA) is 180 Å². The molecule has 14 heteroatoms. The first-order chi connectivity index (χ1) is 22.5. The van der Waals surface area contributed by atoms with E-state index in [1.807, 2.05) is 0 Å². The minimum Gasteiger partial charge on any atom is -0.505 e. The normalized spacial score (nSPS) is 10.9. The van der Waals surface area contributed by atoms with E-state index in [0.717, 1.165) is 5.39 Å². The summed E-state index contributed by atoms with van der Waals surface area (Å²) in [6.45, 7) is 2.12. The number of primary amides is 1. The Hall–Kier alpha value is -5.11. The number of ether oxygens (including phenoxy) is 4. The van der Waals surface area contributed by atoms with Crippen molar-refractivity contribution in [2.45, 2.75) is 13.3 Å². The van der Waals surface area contributed by atoms with Crippen LogP contribution < -0.4 is 25.8 Å². The monoisotopic (exact) mass is 666 g/mol. The van der Waals surface area contributed by atoms with Gasteiger partial charge in [0.1, 0.15) is 23.7 Å². The molecule has 0 aliphatic carbocycles. The summed E-state index contributed by atoms with van der Waals surface area (Å²) in [4.78, 5) is 50.2. The van der Waals surface area contributed by atoms with Crippen LogP contribution in [0.2, 0.25) is 5.02 Å². The molecule has 0 aliphatic heterocycles. The Kier molecular flexibility index (Phi) is 11.8. The predicted octanol–water partition coefficient (Wildman–Crippen LogP) is 3.44. The van der Waals surface area contributed by atoms with Crippen LogP contribution in [0.1, 0.15) is 32.0 Å². The van der Waals surface area contributed by atoms with Gasteiger partial charge in [0.05, 0.1) is 51.7 Å². The van der Waals surface area contributed by atoms with Crippen LogP contribution in [0.25, 0.3) is 10.9 Å².